The number of aryl methyl sites for hydroxylation is 2. The second-order valence-electron chi connectivity index (χ2n) is 5.48. The van der Waals surface area contributed by atoms with Gasteiger partial charge in [-0.05, 0) is 18.6 Å². The minimum Gasteiger partial charge on any atom is -0.386 e. The predicted molar refractivity (Wildman–Crippen MR) is 91.3 cm³/mol. The fourth-order valence-electron chi connectivity index (χ4n) is 2.31. The molecule has 1 unspecified atom stereocenters. The highest BCUT2D eigenvalue weighted by Gasteiger charge is 2.11. The van der Waals surface area contributed by atoms with E-state index < -0.39 is 6.10 Å². The molecule has 0 aliphatic carbocycles. The van der Waals surface area contributed by atoms with Crippen LogP contribution in [0.2, 0.25) is 0 Å². The number of hydrogen-bond donors (Lipinski definition) is 2. The third-order valence-electron chi connectivity index (χ3n) is 3.62. The minimum absolute atomic E-state index is 0.341. The normalized spacial score (nSPS) is 12.1. The molecule has 3 rings (SSSR count). The molecule has 0 saturated heterocycles. The number of pyridine rings is 1. The van der Waals surface area contributed by atoms with Crippen molar-refractivity contribution in [1.29, 1.82) is 0 Å². The van der Waals surface area contributed by atoms with E-state index in [0.717, 1.165) is 23.4 Å². The van der Waals surface area contributed by atoms with E-state index in [0.29, 0.717) is 18.2 Å². The highest BCUT2D eigenvalue weighted by molar-refractivity contribution is 5.53. The van der Waals surface area contributed by atoms with Gasteiger partial charge in [-0.25, -0.2) is 9.97 Å². The lowest BCUT2D eigenvalue weighted by atomic mass is 10.2. The van der Waals surface area contributed by atoms with Gasteiger partial charge in [0.25, 0.3) is 0 Å². The monoisotopic (exact) mass is 324 g/mol. The molecule has 0 aromatic carbocycles. The Morgan fingerprint density at radius 1 is 1.29 bits per heavy atom. The maximum absolute atomic E-state index is 10.2. The van der Waals surface area contributed by atoms with Gasteiger partial charge in [0.2, 0.25) is 0 Å². The predicted octanol–water partition coefficient (Wildman–Crippen LogP) is 1.98. The zero-order valence-corrected chi connectivity index (χ0v) is 13.7. The molecular weight excluding hydrogens is 304 g/mol. The maximum atomic E-state index is 10.2. The molecule has 24 heavy (non-hydrogen) atoms. The first-order chi connectivity index (χ1) is 11.7. The Kier molecular flexibility index (Phi) is 4.81. The van der Waals surface area contributed by atoms with Crippen molar-refractivity contribution in [1.82, 2.24) is 24.7 Å². The van der Waals surface area contributed by atoms with Gasteiger partial charge in [-0.15, -0.1) is 0 Å². The van der Waals surface area contributed by atoms with Gasteiger partial charge in [0.15, 0.2) is 5.82 Å². The van der Waals surface area contributed by atoms with E-state index in [4.69, 9.17) is 0 Å². The lowest BCUT2D eigenvalue weighted by molar-refractivity contribution is 0.191. The van der Waals surface area contributed by atoms with Gasteiger partial charge in [0.1, 0.15) is 11.5 Å². The molecule has 124 valence electrons. The largest absolute Gasteiger partial charge is 0.386 e. The van der Waals surface area contributed by atoms with E-state index in [1.165, 1.54) is 0 Å². The van der Waals surface area contributed by atoms with Gasteiger partial charge in [-0.3, -0.25) is 9.67 Å². The van der Waals surface area contributed by atoms with Crippen molar-refractivity contribution in [2.24, 2.45) is 7.05 Å². The second kappa shape index (κ2) is 7.18. The molecule has 0 aliphatic heterocycles. The number of nitrogens with one attached hydrogen (secondary N) is 1. The smallest absolute Gasteiger partial charge is 0.180 e. The van der Waals surface area contributed by atoms with Crippen molar-refractivity contribution < 1.29 is 5.11 Å². The lowest BCUT2D eigenvalue weighted by Gasteiger charge is -2.12. The van der Waals surface area contributed by atoms with E-state index in [1.54, 1.807) is 23.3 Å². The van der Waals surface area contributed by atoms with E-state index in [9.17, 15) is 5.11 Å². The van der Waals surface area contributed by atoms with Crippen molar-refractivity contribution in [3.05, 3.63) is 54.1 Å². The van der Waals surface area contributed by atoms with Crippen molar-refractivity contribution in [2.45, 2.75) is 19.4 Å². The van der Waals surface area contributed by atoms with E-state index >= 15 is 0 Å². The Bertz CT molecular complexity index is 802. The van der Waals surface area contributed by atoms with Crippen LogP contribution in [0, 0.1) is 0 Å². The topological polar surface area (TPSA) is 88.8 Å². The summed E-state index contributed by atoms with van der Waals surface area (Å²) in [6.45, 7) is 2.38. The average Bonchev–Trinajstić information content (AvgIpc) is 3.06. The molecule has 3 heterocycles. The summed E-state index contributed by atoms with van der Waals surface area (Å²) in [5.74, 6) is 1.25. The molecule has 1 atom stereocenters. The molecule has 0 amide bonds. The van der Waals surface area contributed by atoms with Crippen molar-refractivity contribution in [3.63, 3.8) is 0 Å². The van der Waals surface area contributed by atoms with Crippen molar-refractivity contribution in [2.75, 3.05) is 11.9 Å². The van der Waals surface area contributed by atoms with Gasteiger partial charge < -0.3 is 10.4 Å². The summed E-state index contributed by atoms with van der Waals surface area (Å²) in [7, 11) is 1.82. The first kappa shape index (κ1) is 16.1. The minimum atomic E-state index is -0.656. The van der Waals surface area contributed by atoms with Crippen LogP contribution in [0.3, 0.4) is 0 Å². The quantitative estimate of drug-likeness (QED) is 0.721. The van der Waals surface area contributed by atoms with Crippen LogP contribution in [0.5, 0.6) is 0 Å². The fourth-order valence-corrected chi connectivity index (χ4v) is 2.31. The number of aliphatic hydroxyl groups excluding tert-OH is 1. The molecule has 2 N–H and O–H groups in total. The molecule has 0 aliphatic rings. The zero-order valence-electron chi connectivity index (χ0n) is 13.7. The lowest BCUT2D eigenvalue weighted by Crippen LogP contribution is -2.13. The van der Waals surface area contributed by atoms with E-state index in [-0.39, 0.29) is 0 Å². The number of aliphatic hydroxyl groups is 1. The number of nitrogens with zero attached hydrogens (tertiary/aromatic N) is 5. The van der Waals surface area contributed by atoms with Gasteiger partial charge in [-0.2, -0.15) is 5.10 Å². The Balaban J connectivity index is 1.77. The molecule has 0 radical (unpaired) electrons. The molecule has 3 aromatic rings. The van der Waals surface area contributed by atoms with Crippen LogP contribution in [0.15, 0.2) is 42.9 Å². The molecular formula is C17H20N6O. The molecule has 0 bridgehead atoms. The highest BCUT2D eigenvalue weighted by atomic mass is 16.3. The van der Waals surface area contributed by atoms with Crippen LogP contribution in [0.1, 0.15) is 24.3 Å². The Hall–Kier alpha value is -2.80. The summed E-state index contributed by atoms with van der Waals surface area (Å²) in [5.41, 5.74) is 2.41. The van der Waals surface area contributed by atoms with E-state index in [2.05, 4.69) is 25.4 Å². The standard InChI is InChI=1S/C17H20N6O/c1-3-13-8-16(19-10-15(24)12-9-20-23(2)11-12)22-17(21-13)14-6-4-5-7-18-14/h4-9,11,15,24H,3,10H2,1-2H3,(H,19,21,22). The summed E-state index contributed by atoms with van der Waals surface area (Å²) in [4.78, 5) is 13.3. The molecule has 7 nitrogen and oxygen atoms in total. The molecule has 7 heteroatoms. The van der Waals surface area contributed by atoms with Gasteiger partial charge >= 0.3 is 0 Å². The van der Waals surface area contributed by atoms with Gasteiger partial charge in [0.05, 0.1) is 12.3 Å². The van der Waals surface area contributed by atoms with Crippen molar-refractivity contribution in [3.8, 4) is 11.5 Å². The Morgan fingerprint density at radius 2 is 2.17 bits per heavy atom. The second-order valence-corrected chi connectivity index (χ2v) is 5.48. The zero-order chi connectivity index (χ0) is 16.9. The summed E-state index contributed by atoms with van der Waals surface area (Å²) in [6, 6.07) is 7.53. The molecule has 3 aromatic heterocycles. The summed E-state index contributed by atoms with van der Waals surface area (Å²) >= 11 is 0. The molecule has 0 fully saturated rings. The Morgan fingerprint density at radius 3 is 2.83 bits per heavy atom. The van der Waals surface area contributed by atoms with Crippen molar-refractivity contribution >= 4 is 5.82 Å². The maximum Gasteiger partial charge on any atom is 0.180 e. The summed E-state index contributed by atoms with van der Waals surface area (Å²) in [5, 5.41) is 17.5. The van der Waals surface area contributed by atoms with Crippen LogP contribution in [0.25, 0.3) is 11.5 Å². The fraction of sp³-hybridized carbons (Fsp3) is 0.294. The van der Waals surface area contributed by atoms with Gasteiger partial charge in [-0.1, -0.05) is 13.0 Å². The van der Waals surface area contributed by atoms with Crippen LogP contribution >= 0.6 is 0 Å². The SMILES string of the molecule is CCc1cc(NCC(O)c2cnn(C)c2)nc(-c2ccccn2)n1. The Labute approximate surface area is 140 Å². The molecule has 0 saturated carbocycles. The highest BCUT2D eigenvalue weighted by Crippen LogP contribution is 2.17. The summed E-state index contributed by atoms with van der Waals surface area (Å²) in [6.07, 6.45) is 5.31. The number of anilines is 1. The number of hydrogen-bond acceptors (Lipinski definition) is 6. The number of rotatable bonds is 6. The van der Waals surface area contributed by atoms with Crippen LogP contribution in [0.4, 0.5) is 5.82 Å². The number of aromatic nitrogens is 5. The van der Waals surface area contributed by atoms with E-state index in [1.807, 2.05) is 38.2 Å². The average molecular weight is 324 g/mol. The van der Waals surface area contributed by atoms with Crippen LogP contribution in [-0.2, 0) is 13.5 Å². The molecule has 0 spiro atoms. The first-order valence-electron chi connectivity index (χ1n) is 7.85. The summed E-state index contributed by atoms with van der Waals surface area (Å²) < 4.78 is 1.66. The van der Waals surface area contributed by atoms with Gasteiger partial charge in [0, 0.05) is 43.3 Å². The third kappa shape index (κ3) is 3.75. The van der Waals surface area contributed by atoms with Crippen LogP contribution < -0.4 is 5.32 Å². The third-order valence-corrected chi connectivity index (χ3v) is 3.62. The van der Waals surface area contributed by atoms with Crippen LogP contribution in [-0.4, -0.2) is 36.4 Å². The first-order valence-corrected chi connectivity index (χ1v) is 7.85.